The van der Waals surface area contributed by atoms with Gasteiger partial charge in [0.15, 0.2) is 0 Å². The van der Waals surface area contributed by atoms with Crippen molar-refractivity contribution in [3.63, 3.8) is 0 Å². The van der Waals surface area contributed by atoms with E-state index >= 15 is 0 Å². The molecule has 0 heterocycles. The number of rotatable bonds is 10. The van der Waals surface area contributed by atoms with E-state index in [0.29, 0.717) is 29.3 Å². The molecular formula is C24H25N3O3. The minimum absolute atomic E-state index is 0.00640. The van der Waals surface area contributed by atoms with Gasteiger partial charge in [0.1, 0.15) is 5.75 Å². The van der Waals surface area contributed by atoms with Crippen LogP contribution < -0.4 is 21.1 Å². The van der Waals surface area contributed by atoms with Gasteiger partial charge in [0.25, 0.3) is 5.91 Å². The number of para-hydroxylation sites is 1. The van der Waals surface area contributed by atoms with Gasteiger partial charge < -0.3 is 21.1 Å². The summed E-state index contributed by atoms with van der Waals surface area (Å²) in [6.07, 6.45) is 1.86. The molecule has 0 bridgehead atoms. The number of hydrogen-bond donors (Lipinski definition) is 3. The van der Waals surface area contributed by atoms with Crippen molar-refractivity contribution in [1.29, 1.82) is 0 Å². The summed E-state index contributed by atoms with van der Waals surface area (Å²) in [7, 11) is 0. The Hall–Kier alpha value is -3.80. The van der Waals surface area contributed by atoms with E-state index in [0.717, 1.165) is 12.8 Å². The van der Waals surface area contributed by atoms with Crippen molar-refractivity contribution in [2.24, 2.45) is 5.73 Å². The molecule has 0 aromatic heterocycles. The third-order valence-electron chi connectivity index (χ3n) is 4.47. The monoisotopic (exact) mass is 403 g/mol. The van der Waals surface area contributed by atoms with Crippen molar-refractivity contribution in [1.82, 2.24) is 0 Å². The van der Waals surface area contributed by atoms with Crippen LogP contribution >= 0.6 is 0 Å². The van der Waals surface area contributed by atoms with Gasteiger partial charge in [-0.1, -0.05) is 48.5 Å². The standard InChI is InChI=1S/C24H25N3O3/c25-24(29)21-13-4-5-14-22(21)26-17-23(28)27-19-11-6-12-20(16-19)30-15-7-10-18-8-2-1-3-9-18/h1-6,8-9,11-14,16,26H,7,10,15,17H2,(H2,25,29)(H,27,28). The summed E-state index contributed by atoms with van der Waals surface area (Å²) in [6.45, 7) is 0.601. The smallest absolute Gasteiger partial charge is 0.250 e. The van der Waals surface area contributed by atoms with Crippen LogP contribution in [0.1, 0.15) is 22.3 Å². The molecule has 0 fully saturated rings. The number of benzene rings is 3. The molecule has 0 atom stereocenters. The van der Waals surface area contributed by atoms with Crippen LogP contribution in [0.3, 0.4) is 0 Å². The Kier molecular flexibility index (Phi) is 7.44. The highest BCUT2D eigenvalue weighted by Gasteiger charge is 2.09. The molecule has 0 unspecified atom stereocenters. The van der Waals surface area contributed by atoms with Crippen LogP contribution in [-0.4, -0.2) is 25.0 Å². The van der Waals surface area contributed by atoms with Gasteiger partial charge in [0.05, 0.1) is 18.7 Å². The first-order chi connectivity index (χ1) is 14.6. The maximum atomic E-state index is 12.3. The minimum atomic E-state index is -0.546. The Morgan fingerprint density at radius 1 is 0.900 bits per heavy atom. The van der Waals surface area contributed by atoms with Crippen LogP contribution in [0.5, 0.6) is 5.75 Å². The Labute approximate surface area is 176 Å². The van der Waals surface area contributed by atoms with Crippen LogP contribution in [0.4, 0.5) is 11.4 Å². The first kappa shape index (κ1) is 20.9. The fourth-order valence-corrected chi connectivity index (χ4v) is 3.01. The average Bonchev–Trinajstić information content (AvgIpc) is 2.76. The van der Waals surface area contributed by atoms with E-state index in [4.69, 9.17) is 10.5 Å². The second-order valence-electron chi connectivity index (χ2n) is 6.78. The molecule has 3 aromatic rings. The van der Waals surface area contributed by atoms with E-state index in [2.05, 4.69) is 22.8 Å². The quantitative estimate of drug-likeness (QED) is 0.448. The number of ether oxygens (including phenoxy) is 1. The highest BCUT2D eigenvalue weighted by molar-refractivity contribution is 6.00. The van der Waals surface area contributed by atoms with Crippen molar-refractivity contribution >= 4 is 23.2 Å². The molecule has 0 saturated carbocycles. The lowest BCUT2D eigenvalue weighted by Crippen LogP contribution is -2.23. The highest BCUT2D eigenvalue weighted by Crippen LogP contribution is 2.18. The topological polar surface area (TPSA) is 93.5 Å². The minimum Gasteiger partial charge on any atom is -0.494 e. The van der Waals surface area contributed by atoms with Gasteiger partial charge in [-0.25, -0.2) is 0 Å². The SMILES string of the molecule is NC(=O)c1ccccc1NCC(=O)Nc1cccc(OCCCc2ccccc2)c1. The lowest BCUT2D eigenvalue weighted by Gasteiger charge is -2.11. The number of hydrogen-bond acceptors (Lipinski definition) is 4. The van der Waals surface area contributed by atoms with E-state index in [1.54, 1.807) is 36.4 Å². The van der Waals surface area contributed by atoms with Gasteiger partial charge in [0, 0.05) is 17.4 Å². The van der Waals surface area contributed by atoms with Crippen LogP contribution in [0.25, 0.3) is 0 Å². The first-order valence-electron chi connectivity index (χ1n) is 9.81. The number of primary amides is 1. The van der Waals surface area contributed by atoms with Crippen molar-refractivity contribution in [2.75, 3.05) is 23.8 Å². The molecule has 4 N–H and O–H groups in total. The van der Waals surface area contributed by atoms with Crippen molar-refractivity contribution < 1.29 is 14.3 Å². The molecule has 0 aliphatic carbocycles. The normalized spacial score (nSPS) is 10.3. The molecule has 0 aliphatic heterocycles. The van der Waals surface area contributed by atoms with Gasteiger partial charge in [-0.3, -0.25) is 9.59 Å². The van der Waals surface area contributed by atoms with E-state index in [1.165, 1.54) is 5.56 Å². The summed E-state index contributed by atoms with van der Waals surface area (Å²) >= 11 is 0. The molecule has 0 aliphatic rings. The Morgan fingerprint density at radius 3 is 2.47 bits per heavy atom. The molecule has 0 spiro atoms. The highest BCUT2D eigenvalue weighted by atomic mass is 16.5. The number of carbonyl (C=O) groups excluding carboxylic acids is 2. The average molecular weight is 403 g/mol. The van der Waals surface area contributed by atoms with Crippen LogP contribution in [0.15, 0.2) is 78.9 Å². The van der Waals surface area contributed by atoms with Crippen LogP contribution in [0.2, 0.25) is 0 Å². The van der Waals surface area contributed by atoms with Gasteiger partial charge in [-0.15, -0.1) is 0 Å². The van der Waals surface area contributed by atoms with Crippen molar-refractivity contribution in [3.05, 3.63) is 90.0 Å². The van der Waals surface area contributed by atoms with Crippen LogP contribution in [-0.2, 0) is 11.2 Å². The molecule has 3 aromatic carbocycles. The summed E-state index contributed by atoms with van der Waals surface area (Å²) in [5, 5.41) is 5.76. The largest absolute Gasteiger partial charge is 0.494 e. The Balaban J connectivity index is 1.46. The third-order valence-corrected chi connectivity index (χ3v) is 4.47. The zero-order valence-corrected chi connectivity index (χ0v) is 16.6. The van der Waals surface area contributed by atoms with Gasteiger partial charge in [-0.05, 0) is 42.7 Å². The van der Waals surface area contributed by atoms with E-state index in [-0.39, 0.29) is 12.5 Å². The fourth-order valence-electron chi connectivity index (χ4n) is 3.01. The number of anilines is 2. The molecular weight excluding hydrogens is 378 g/mol. The van der Waals surface area contributed by atoms with Gasteiger partial charge >= 0.3 is 0 Å². The summed E-state index contributed by atoms with van der Waals surface area (Å²) in [5.74, 6) is -0.0842. The molecule has 0 saturated heterocycles. The summed E-state index contributed by atoms with van der Waals surface area (Å²) in [4.78, 5) is 23.7. The third kappa shape index (κ3) is 6.38. The van der Waals surface area contributed by atoms with Crippen molar-refractivity contribution in [2.45, 2.75) is 12.8 Å². The molecule has 6 nitrogen and oxygen atoms in total. The zero-order chi connectivity index (χ0) is 21.2. The maximum absolute atomic E-state index is 12.3. The molecule has 2 amide bonds. The summed E-state index contributed by atoms with van der Waals surface area (Å²) in [6, 6.07) is 24.4. The van der Waals surface area contributed by atoms with Crippen LogP contribution in [0, 0.1) is 0 Å². The predicted octanol–water partition coefficient (Wildman–Crippen LogP) is 3.85. The molecule has 6 heteroatoms. The number of nitrogens with one attached hydrogen (secondary N) is 2. The fraction of sp³-hybridized carbons (Fsp3) is 0.167. The summed E-state index contributed by atoms with van der Waals surface area (Å²) in [5.41, 5.74) is 8.15. The van der Waals surface area contributed by atoms with E-state index in [9.17, 15) is 9.59 Å². The number of amides is 2. The van der Waals surface area contributed by atoms with E-state index in [1.807, 2.05) is 30.3 Å². The predicted molar refractivity (Wildman–Crippen MR) is 119 cm³/mol. The summed E-state index contributed by atoms with van der Waals surface area (Å²) < 4.78 is 5.80. The Morgan fingerprint density at radius 2 is 1.67 bits per heavy atom. The Bertz CT molecular complexity index is 990. The number of carbonyl (C=O) groups is 2. The van der Waals surface area contributed by atoms with Gasteiger partial charge in [-0.2, -0.15) is 0 Å². The zero-order valence-electron chi connectivity index (χ0n) is 16.6. The number of nitrogens with two attached hydrogens (primary N) is 1. The van der Waals surface area contributed by atoms with E-state index < -0.39 is 5.91 Å². The first-order valence-corrected chi connectivity index (χ1v) is 9.81. The lowest BCUT2D eigenvalue weighted by molar-refractivity contribution is -0.114. The molecule has 0 radical (unpaired) electrons. The maximum Gasteiger partial charge on any atom is 0.250 e. The second kappa shape index (κ2) is 10.7. The van der Waals surface area contributed by atoms with Gasteiger partial charge in [0.2, 0.25) is 5.91 Å². The second-order valence-corrected chi connectivity index (χ2v) is 6.78. The van der Waals surface area contributed by atoms with Crippen molar-refractivity contribution in [3.8, 4) is 5.75 Å². The number of aryl methyl sites for hydroxylation is 1. The molecule has 30 heavy (non-hydrogen) atoms. The molecule has 154 valence electrons. The lowest BCUT2D eigenvalue weighted by atomic mass is 10.1. The molecule has 3 rings (SSSR count).